The first-order valence-corrected chi connectivity index (χ1v) is 8.17. The van der Waals surface area contributed by atoms with Crippen LogP contribution >= 0.6 is 0 Å². The van der Waals surface area contributed by atoms with Crippen molar-refractivity contribution in [2.24, 2.45) is 5.14 Å². The van der Waals surface area contributed by atoms with E-state index in [9.17, 15) is 8.42 Å². The van der Waals surface area contributed by atoms with Crippen LogP contribution in [0.3, 0.4) is 0 Å². The lowest BCUT2D eigenvalue weighted by atomic mass is 10.1. The number of nitrogens with zero attached hydrogens (tertiary/aromatic N) is 1. The van der Waals surface area contributed by atoms with Crippen molar-refractivity contribution >= 4 is 21.4 Å². The second kappa shape index (κ2) is 5.99. The summed E-state index contributed by atoms with van der Waals surface area (Å²) >= 11 is 0. The highest BCUT2D eigenvalue weighted by atomic mass is 32.2. The number of hydrogen-bond donors (Lipinski definition) is 2. The van der Waals surface area contributed by atoms with Crippen LogP contribution in [0.15, 0.2) is 23.1 Å². The van der Waals surface area contributed by atoms with Crippen LogP contribution in [0.4, 0.5) is 11.4 Å². The summed E-state index contributed by atoms with van der Waals surface area (Å²) in [6, 6.07) is 4.63. The maximum Gasteiger partial charge on any atom is 0.238 e. The smallest absolute Gasteiger partial charge is 0.238 e. The normalized spacial score (nSPS) is 19.8. The molecule has 20 heavy (non-hydrogen) atoms. The third-order valence-corrected chi connectivity index (χ3v) is 4.33. The predicted octanol–water partition coefficient (Wildman–Crippen LogP) is 0.922. The molecular formula is C13H21N3O3S. The van der Waals surface area contributed by atoms with Gasteiger partial charge >= 0.3 is 0 Å². The Labute approximate surface area is 119 Å². The first-order valence-electron chi connectivity index (χ1n) is 6.62. The van der Waals surface area contributed by atoms with Gasteiger partial charge in [0.2, 0.25) is 10.0 Å². The number of hydrogen-bond acceptors (Lipinski definition) is 5. The first-order chi connectivity index (χ1) is 9.36. The van der Waals surface area contributed by atoms with Crippen LogP contribution in [0, 0.1) is 0 Å². The summed E-state index contributed by atoms with van der Waals surface area (Å²) in [5.74, 6) is 0. The van der Waals surface area contributed by atoms with Gasteiger partial charge in [-0.3, -0.25) is 0 Å². The second-order valence-corrected chi connectivity index (χ2v) is 6.74. The zero-order valence-electron chi connectivity index (χ0n) is 11.6. The number of nitrogen functional groups attached to an aromatic ring is 1. The molecule has 0 amide bonds. The molecular weight excluding hydrogens is 278 g/mol. The number of nitrogens with two attached hydrogens (primary N) is 2. The summed E-state index contributed by atoms with van der Waals surface area (Å²) < 4.78 is 28.5. The van der Waals surface area contributed by atoms with E-state index in [1.165, 1.54) is 12.1 Å². The number of anilines is 2. The Morgan fingerprint density at radius 3 is 2.70 bits per heavy atom. The average molecular weight is 299 g/mol. The van der Waals surface area contributed by atoms with Gasteiger partial charge in [0.1, 0.15) is 0 Å². The van der Waals surface area contributed by atoms with Crippen molar-refractivity contribution in [2.75, 3.05) is 30.8 Å². The third-order valence-electron chi connectivity index (χ3n) is 3.43. The van der Waals surface area contributed by atoms with Gasteiger partial charge in [-0.15, -0.1) is 0 Å². The summed E-state index contributed by atoms with van der Waals surface area (Å²) in [6.45, 7) is 1.49. The topological polar surface area (TPSA) is 98.7 Å². The Morgan fingerprint density at radius 2 is 2.10 bits per heavy atom. The van der Waals surface area contributed by atoms with Crippen LogP contribution in [0.25, 0.3) is 0 Å². The summed E-state index contributed by atoms with van der Waals surface area (Å²) in [5.41, 5.74) is 6.85. The third kappa shape index (κ3) is 3.84. The number of likely N-dealkylation sites (N-methyl/N-ethyl adjacent to an activating group) is 1. The molecule has 1 aliphatic rings. The number of primary sulfonamides is 1. The fourth-order valence-corrected chi connectivity index (χ4v) is 2.94. The van der Waals surface area contributed by atoms with Crippen molar-refractivity contribution in [3.63, 3.8) is 0 Å². The monoisotopic (exact) mass is 299 g/mol. The van der Waals surface area contributed by atoms with Crippen LogP contribution in [-0.2, 0) is 14.8 Å². The molecule has 0 radical (unpaired) electrons. The minimum absolute atomic E-state index is 0.0314. The van der Waals surface area contributed by atoms with Gasteiger partial charge in [-0.2, -0.15) is 0 Å². The zero-order chi connectivity index (χ0) is 14.8. The number of sulfonamides is 1. The highest BCUT2D eigenvalue weighted by Gasteiger charge is 2.18. The largest absolute Gasteiger partial charge is 0.399 e. The summed E-state index contributed by atoms with van der Waals surface area (Å²) in [5, 5.41) is 5.15. The van der Waals surface area contributed by atoms with Crippen LogP contribution in [0.5, 0.6) is 0 Å². The number of rotatable bonds is 4. The molecule has 0 aromatic heterocycles. The van der Waals surface area contributed by atoms with Crippen LogP contribution in [0.1, 0.15) is 19.3 Å². The molecule has 2 rings (SSSR count). The van der Waals surface area contributed by atoms with Crippen molar-refractivity contribution in [3.8, 4) is 0 Å². The van der Waals surface area contributed by atoms with E-state index in [4.69, 9.17) is 15.6 Å². The molecule has 1 fully saturated rings. The van der Waals surface area contributed by atoms with E-state index in [-0.39, 0.29) is 11.0 Å². The molecule has 4 N–H and O–H groups in total. The maximum atomic E-state index is 11.4. The van der Waals surface area contributed by atoms with E-state index >= 15 is 0 Å². The summed E-state index contributed by atoms with van der Waals surface area (Å²) in [6.07, 6.45) is 3.47. The second-order valence-electron chi connectivity index (χ2n) is 5.17. The van der Waals surface area contributed by atoms with Gasteiger partial charge in [0.05, 0.1) is 11.0 Å². The molecule has 1 saturated heterocycles. The Balaban J connectivity index is 2.16. The SMILES string of the molecule is CN(CC1CCCCO1)c1cc(N)cc(S(N)(=O)=O)c1. The Bertz CT molecular complexity index is 568. The van der Waals surface area contributed by atoms with Gasteiger partial charge < -0.3 is 15.4 Å². The number of benzene rings is 1. The van der Waals surface area contributed by atoms with E-state index in [1.807, 2.05) is 11.9 Å². The van der Waals surface area contributed by atoms with E-state index in [0.717, 1.165) is 31.6 Å². The molecule has 1 aliphatic heterocycles. The highest BCUT2D eigenvalue weighted by Crippen LogP contribution is 2.23. The van der Waals surface area contributed by atoms with Crippen LogP contribution < -0.4 is 15.8 Å². The Morgan fingerprint density at radius 1 is 1.35 bits per heavy atom. The molecule has 1 atom stereocenters. The lowest BCUT2D eigenvalue weighted by molar-refractivity contribution is 0.0216. The molecule has 7 heteroatoms. The Hall–Kier alpha value is -1.31. The lowest BCUT2D eigenvalue weighted by Crippen LogP contribution is -2.33. The summed E-state index contributed by atoms with van der Waals surface area (Å²) in [7, 11) is -1.86. The number of ether oxygens (including phenoxy) is 1. The zero-order valence-corrected chi connectivity index (χ0v) is 12.4. The van der Waals surface area contributed by atoms with E-state index in [1.54, 1.807) is 6.07 Å². The van der Waals surface area contributed by atoms with E-state index < -0.39 is 10.0 Å². The minimum atomic E-state index is -3.75. The molecule has 0 aliphatic carbocycles. The average Bonchev–Trinajstić information content (AvgIpc) is 2.38. The minimum Gasteiger partial charge on any atom is -0.399 e. The quantitative estimate of drug-likeness (QED) is 0.806. The predicted molar refractivity (Wildman–Crippen MR) is 79.1 cm³/mol. The lowest BCUT2D eigenvalue weighted by Gasteiger charge is -2.29. The van der Waals surface area contributed by atoms with Crippen molar-refractivity contribution in [2.45, 2.75) is 30.3 Å². The fraction of sp³-hybridized carbons (Fsp3) is 0.538. The van der Waals surface area contributed by atoms with Gasteiger partial charge in [0.15, 0.2) is 0 Å². The van der Waals surface area contributed by atoms with Gasteiger partial charge in [-0.25, -0.2) is 13.6 Å². The van der Waals surface area contributed by atoms with Crippen LogP contribution in [-0.4, -0.2) is 34.7 Å². The van der Waals surface area contributed by atoms with Gasteiger partial charge in [-0.05, 0) is 37.5 Å². The molecule has 1 aromatic rings. The molecule has 1 aromatic carbocycles. The molecule has 1 unspecified atom stereocenters. The van der Waals surface area contributed by atoms with Crippen molar-refractivity contribution in [1.29, 1.82) is 0 Å². The molecule has 1 heterocycles. The standard InChI is InChI=1S/C13H21N3O3S/c1-16(9-12-4-2-3-5-19-12)11-6-10(14)7-13(8-11)20(15,17)18/h6-8,12H,2-5,9,14H2,1H3,(H2,15,17,18). The molecule has 112 valence electrons. The van der Waals surface area contributed by atoms with Gasteiger partial charge in [0.25, 0.3) is 0 Å². The first kappa shape index (κ1) is 15.1. The molecule has 0 bridgehead atoms. The highest BCUT2D eigenvalue weighted by molar-refractivity contribution is 7.89. The van der Waals surface area contributed by atoms with Crippen molar-refractivity contribution < 1.29 is 13.2 Å². The summed E-state index contributed by atoms with van der Waals surface area (Å²) in [4.78, 5) is 1.98. The van der Waals surface area contributed by atoms with Gasteiger partial charge in [-0.1, -0.05) is 0 Å². The molecule has 0 spiro atoms. The Kier molecular flexibility index (Phi) is 4.52. The fourth-order valence-electron chi connectivity index (χ4n) is 2.35. The molecule has 6 nitrogen and oxygen atoms in total. The van der Waals surface area contributed by atoms with Crippen molar-refractivity contribution in [1.82, 2.24) is 0 Å². The van der Waals surface area contributed by atoms with E-state index in [0.29, 0.717) is 12.2 Å². The molecule has 0 saturated carbocycles. The van der Waals surface area contributed by atoms with Gasteiger partial charge in [0, 0.05) is 31.6 Å². The van der Waals surface area contributed by atoms with E-state index in [2.05, 4.69) is 0 Å². The maximum absolute atomic E-state index is 11.4. The van der Waals surface area contributed by atoms with Crippen LogP contribution in [0.2, 0.25) is 0 Å². The van der Waals surface area contributed by atoms with Crippen molar-refractivity contribution in [3.05, 3.63) is 18.2 Å².